The van der Waals surface area contributed by atoms with Crippen LogP contribution in [-0.2, 0) is 13.1 Å². The van der Waals surface area contributed by atoms with Gasteiger partial charge in [0.05, 0.1) is 12.2 Å². The molecule has 5 nitrogen and oxygen atoms in total. The summed E-state index contributed by atoms with van der Waals surface area (Å²) in [6, 6.07) is 5.81. The lowest BCUT2D eigenvalue weighted by atomic mass is 10.1. The molecule has 5 heteroatoms. The largest absolute Gasteiger partial charge is 0.345 e. The summed E-state index contributed by atoms with van der Waals surface area (Å²) in [5.41, 5.74) is 4.16. The van der Waals surface area contributed by atoms with Crippen molar-refractivity contribution in [1.82, 2.24) is 20.8 Å². The minimum atomic E-state index is -0.0578. The van der Waals surface area contributed by atoms with Crippen molar-refractivity contribution in [3.8, 4) is 0 Å². The topological polar surface area (TPSA) is 69.8 Å². The molecule has 1 aromatic heterocycles. The molecule has 98 valence electrons. The van der Waals surface area contributed by atoms with E-state index in [9.17, 15) is 4.79 Å². The summed E-state index contributed by atoms with van der Waals surface area (Å²) in [5, 5.41) is 12.9. The van der Waals surface area contributed by atoms with Crippen molar-refractivity contribution in [3.63, 3.8) is 0 Å². The normalized spacial score (nSPS) is 15.0. The standard InChI is InChI=1S/C14H16N4O/c1-9(13-7-16-17-8-13)18-14(19)10-2-3-11-5-15-6-12(11)4-10/h2-4,7-9,15H,5-6H2,1H3,(H,16,17)(H,18,19). The van der Waals surface area contributed by atoms with Crippen LogP contribution in [0.3, 0.4) is 0 Å². The minimum absolute atomic E-state index is 0.0524. The second-order valence-electron chi connectivity index (χ2n) is 4.81. The molecule has 1 aliphatic rings. The molecule has 1 aromatic carbocycles. The van der Waals surface area contributed by atoms with E-state index in [1.807, 2.05) is 25.1 Å². The highest BCUT2D eigenvalue weighted by Gasteiger charge is 2.15. The molecule has 0 spiro atoms. The molecule has 19 heavy (non-hydrogen) atoms. The van der Waals surface area contributed by atoms with Crippen molar-refractivity contribution < 1.29 is 4.79 Å². The Bertz CT molecular complexity index is 591. The van der Waals surface area contributed by atoms with E-state index < -0.39 is 0 Å². The van der Waals surface area contributed by atoms with Gasteiger partial charge in [0.25, 0.3) is 5.91 Å². The van der Waals surface area contributed by atoms with Gasteiger partial charge in [-0.05, 0) is 30.2 Å². The van der Waals surface area contributed by atoms with Gasteiger partial charge < -0.3 is 10.6 Å². The van der Waals surface area contributed by atoms with Gasteiger partial charge in [-0.25, -0.2) is 0 Å². The zero-order valence-electron chi connectivity index (χ0n) is 10.7. The van der Waals surface area contributed by atoms with Gasteiger partial charge in [-0.15, -0.1) is 0 Å². The molecule has 0 radical (unpaired) electrons. The van der Waals surface area contributed by atoms with Gasteiger partial charge in [-0.3, -0.25) is 9.89 Å². The fourth-order valence-electron chi connectivity index (χ4n) is 2.30. The van der Waals surface area contributed by atoms with E-state index in [1.54, 1.807) is 12.4 Å². The highest BCUT2D eigenvalue weighted by Crippen LogP contribution is 2.18. The molecule has 3 N–H and O–H groups in total. The first-order chi connectivity index (χ1) is 9.24. The average Bonchev–Trinajstić information content (AvgIpc) is 3.09. The lowest BCUT2D eigenvalue weighted by Crippen LogP contribution is -2.26. The van der Waals surface area contributed by atoms with Crippen LogP contribution < -0.4 is 10.6 Å². The molecule has 0 bridgehead atoms. The smallest absolute Gasteiger partial charge is 0.251 e. The summed E-state index contributed by atoms with van der Waals surface area (Å²) in [5.74, 6) is -0.0524. The number of H-pyrrole nitrogens is 1. The Morgan fingerprint density at radius 2 is 2.21 bits per heavy atom. The van der Waals surface area contributed by atoms with Crippen LogP contribution in [0, 0.1) is 0 Å². The minimum Gasteiger partial charge on any atom is -0.345 e. The van der Waals surface area contributed by atoms with Gasteiger partial charge in [-0.2, -0.15) is 5.10 Å². The second-order valence-corrected chi connectivity index (χ2v) is 4.81. The molecule has 2 heterocycles. The SMILES string of the molecule is CC(NC(=O)c1ccc2c(c1)CNC2)c1cn[nH]c1. The van der Waals surface area contributed by atoms with Crippen LogP contribution in [0.5, 0.6) is 0 Å². The molecule has 0 saturated heterocycles. The highest BCUT2D eigenvalue weighted by molar-refractivity contribution is 5.94. The first-order valence-electron chi connectivity index (χ1n) is 6.36. The third-order valence-electron chi connectivity index (χ3n) is 3.47. The third-order valence-corrected chi connectivity index (χ3v) is 3.47. The van der Waals surface area contributed by atoms with Crippen molar-refractivity contribution in [2.24, 2.45) is 0 Å². The Morgan fingerprint density at radius 1 is 1.37 bits per heavy atom. The Labute approximate surface area is 111 Å². The van der Waals surface area contributed by atoms with Crippen LogP contribution in [0.25, 0.3) is 0 Å². The second kappa shape index (κ2) is 4.85. The van der Waals surface area contributed by atoms with E-state index in [2.05, 4.69) is 20.8 Å². The van der Waals surface area contributed by atoms with Crippen LogP contribution >= 0.6 is 0 Å². The number of amides is 1. The van der Waals surface area contributed by atoms with Gasteiger partial charge in [0.2, 0.25) is 0 Å². The zero-order chi connectivity index (χ0) is 13.2. The van der Waals surface area contributed by atoms with Crippen molar-refractivity contribution in [2.45, 2.75) is 26.1 Å². The maximum Gasteiger partial charge on any atom is 0.251 e. The molecule has 0 fully saturated rings. The summed E-state index contributed by atoms with van der Waals surface area (Å²) >= 11 is 0. The van der Waals surface area contributed by atoms with E-state index in [-0.39, 0.29) is 11.9 Å². The number of carbonyl (C=O) groups is 1. The van der Waals surface area contributed by atoms with Crippen molar-refractivity contribution >= 4 is 5.91 Å². The lowest BCUT2D eigenvalue weighted by Gasteiger charge is -2.12. The molecule has 1 unspecified atom stereocenters. The molecule has 0 saturated carbocycles. The predicted molar refractivity (Wildman–Crippen MR) is 71.5 cm³/mol. The quantitative estimate of drug-likeness (QED) is 0.779. The van der Waals surface area contributed by atoms with Gasteiger partial charge in [0.15, 0.2) is 0 Å². The predicted octanol–water partition coefficient (Wildman–Crippen LogP) is 1.50. The maximum atomic E-state index is 12.2. The molecular weight excluding hydrogens is 240 g/mol. The molecule has 1 amide bonds. The van der Waals surface area contributed by atoms with Crippen molar-refractivity contribution in [1.29, 1.82) is 0 Å². The van der Waals surface area contributed by atoms with Crippen LogP contribution in [0.1, 0.15) is 40.0 Å². The number of rotatable bonds is 3. The fraction of sp³-hybridized carbons (Fsp3) is 0.286. The Balaban J connectivity index is 1.74. The van der Waals surface area contributed by atoms with Gasteiger partial charge in [-0.1, -0.05) is 6.07 Å². The molecule has 3 rings (SSSR count). The number of hydrogen-bond donors (Lipinski definition) is 3. The zero-order valence-corrected chi connectivity index (χ0v) is 10.7. The van der Waals surface area contributed by atoms with E-state index in [1.165, 1.54) is 11.1 Å². The third kappa shape index (κ3) is 2.37. The molecule has 2 aromatic rings. The highest BCUT2D eigenvalue weighted by atomic mass is 16.1. The number of carbonyl (C=O) groups excluding carboxylic acids is 1. The number of nitrogens with zero attached hydrogens (tertiary/aromatic N) is 1. The maximum absolute atomic E-state index is 12.2. The number of aromatic amines is 1. The van der Waals surface area contributed by atoms with E-state index in [0.717, 1.165) is 18.7 Å². The van der Waals surface area contributed by atoms with Gasteiger partial charge in [0, 0.05) is 30.4 Å². The van der Waals surface area contributed by atoms with Crippen LogP contribution in [0.4, 0.5) is 0 Å². The van der Waals surface area contributed by atoms with Crippen LogP contribution in [-0.4, -0.2) is 16.1 Å². The lowest BCUT2D eigenvalue weighted by molar-refractivity contribution is 0.0940. The Morgan fingerprint density at radius 3 is 3.00 bits per heavy atom. The van der Waals surface area contributed by atoms with E-state index in [4.69, 9.17) is 0 Å². The first kappa shape index (κ1) is 11.9. The number of hydrogen-bond acceptors (Lipinski definition) is 3. The number of fused-ring (bicyclic) bond motifs is 1. The van der Waals surface area contributed by atoms with Crippen molar-refractivity contribution in [2.75, 3.05) is 0 Å². The summed E-state index contributed by atoms with van der Waals surface area (Å²) in [6.45, 7) is 3.67. The summed E-state index contributed by atoms with van der Waals surface area (Å²) < 4.78 is 0. The Hall–Kier alpha value is -2.14. The van der Waals surface area contributed by atoms with E-state index >= 15 is 0 Å². The number of aromatic nitrogens is 2. The van der Waals surface area contributed by atoms with Crippen LogP contribution in [0.2, 0.25) is 0 Å². The molecule has 1 aliphatic heterocycles. The monoisotopic (exact) mass is 256 g/mol. The molecule has 1 atom stereocenters. The van der Waals surface area contributed by atoms with Gasteiger partial charge in [0.1, 0.15) is 0 Å². The molecular formula is C14H16N4O. The number of nitrogens with one attached hydrogen (secondary N) is 3. The first-order valence-corrected chi connectivity index (χ1v) is 6.36. The summed E-state index contributed by atoms with van der Waals surface area (Å²) in [6.07, 6.45) is 3.51. The Kier molecular flexibility index (Phi) is 3.05. The number of benzene rings is 1. The van der Waals surface area contributed by atoms with E-state index in [0.29, 0.717) is 5.56 Å². The van der Waals surface area contributed by atoms with Gasteiger partial charge >= 0.3 is 0 Å². The summed E-state index contributed by atoms with van der Waals surface area (Å²) in [4.78, 5) is 12.2. The summed E-state index contributed by atoms with van der Waals surface area (Å²) in [7, 11) is 0. The van der Waals surface area contributed by atoms with Crippen molar-refractivity contribution in [3.05, 3.63) is 52.8 Å². The molecule has 0 aliphatic carbocycles. The van der Waals surface area contributed by atoms with Crippen LogP contribution in [0.15, 0.2) is 30.6 Å². The fourth-order valence-corrected chi connectivity index (χ4v) is 2.30. The average molecular weight is 256 g/mol.